The fraction of sp³-hybridized carbons (Fsp3) is 0.391. The number of nitrogens with one attached hydrogen (secondary N) is 2. The van der Waals surface area contributed by atoms with Gasteiger partial charge in [0, 0.05) is 22.9 Å². The molecule has 3 rings (SSSR count). The zero-order chi connectivity index (χ0) is 19.4. The van der Waals surface area contributed by atoms with Gasteiger partial charge in [-0.3, -0.25) is 9.59 Å². The van der Waals surface area contributed by atoms with Crippen LogP contribution in [0.5, 0.6) is 0 Å². The van der Waals surface area contributed by atoms with Crippen molar-refractivity contribution in [3.05, 3.63) is 64.7 Å². The van der Waals surface area contributed by atoms with E-state index in [1.165, 1.54) is 12.8 Å². The summed E-state index contributed by atoms with van der Waals surface area (Å²) in [5.74, 6) is 0.0146. The molecule has 0 saturated heterocycles. The number of rotatable bonds is 5. The van der Waals surface area contributed by atoms with Gasteiger partial charge in [-0.25, -0.2) is 0 Å². The number of carbonyl (C=O) groups is 2. The Bertz CT molecular complexity index is 836. The summed E-state index contributed by atoms with van der Waals surface area (Å²) in [7, 11) is 0. The highest BCUT2D eigenvalue weighted by Crippen LogP contribution is 2.28. The molecule has 27 heavy (non-hydrogen) atoms. The van der Waals surface area contributed by atoms with Crippen LogP contribution in [0.15, 0.2) is 42.5 Å². The summed E-state index contributed by atoms with van der Waals surface area (Å²) in [6, 6.07) is 13.2. The van der Waals surface area contributed by atoms with Crippen LogP contribution in [0.4, 0.5) is 5.69 Å². The quantitative estimate of drug-likeness (QED) is 0.780. The third-order valence-electron chi connectivity index (χ3n) is 5.24. The molecule has 1 aliphatic rings. The van der Waals surface area contributed by atoms with Crippen LogP contribution in [0.25, 0.3) is 0 Å². The van der Waals surface area contributed by atoms with Crippen LogP contribution >= 0.6 is 0 Å². The van der Waals surface area contributed by atoms with Gasteiger partial charge in [-0.2, -0.15) is 0 Å². The summed E-state index contributed by atoms with van der Waals surface area (Å²) in [5, 5.41) is 6.12. The number of aryl methyl sites for hydroxylation is 1. The Hall–Kier alpha value is -2.62. The van der Waals surface area contributed by atoms with E-state index < -0.39 is 0 Å². The highest BCUT2D eigenvalue weighted by molar-refractivity contribution is 6.06. The van der Waals surface area contributed by atoms with Crippen molar-refractivity contribution in [1.29, 1.82) is 0 Å². The highest BCUT2D eigenvalue weighted by Gasteiger charge is 2.19. The Morgan fingerprint density at radius 3 is 2.26 bits per heavy atom. The van der Waals surface area contributed by atoms with Crippen molar-refractivity contribution in [2.75, 3.05) is 5.32 Å². The van der Waals surface area contributed by atoms with Gasteiger partial charge in [0.2, 0.25) is 0 Å². The highest BCUT2D eigenvalue weighted by atomic mass is 16.2. The second-order valence-electron chi connectivity index (χ2n) is 7.68. The molecule has 0 bridgehead atoms. The van der Waals surface area contributed by atoms with E-state index in [9.17, 15) is 9.59 Å². The summed E-state index contributed by atoms with van der Waals surface area (Å²) in [5.41, 5.74) is 4.02. The first-order chi connectivity index (χ1) is 13.0. The van der Waals surface area contributed by atoms with Crippen molar-refractivity contribution in [2.24, 2.45) is 0 Å². The molecule has 2 aromatic carbocycles. The Kier molecular flexibility index (Phi) is 5.94. The molecule has 0 spiro atoms. The van der Waals surface area contributed by atoms with Crippen LogP contribution in [-0.2, 0) is 0 Å². The largest absolute Gasteiger partial charge is 0.349 e. The van der Waals surface area contributed by atoms with E-state index >= 15 is 0 Å². The first-order valence-corrected chi connectivity index (χ1v) is 9.77. The maximum atomic E-state index is 12.8. The van der Waals surface area contributed by atoms with Crippen LogP contribution in [0, 0.1) is 6.92 Å². The average molecular weight is 364 g/mol. The van der Waals surface area contributed by atoms with E-state index in [0.29, 0.717) is 17.0 Å². The minimum Gasteiger partial charge on any atom is -0.349 e. The molecule has 1 aliphatic carbocycles. The molecule has 142 valence electrons. The normalized spacial score (nSPS) is 14.4. The predicted octanol–water partition coefficient (Wildman–Crippen LogP) is 5.04. The van der Waals surface area contributed by atoms with Gasteiger partial charge in [0.1, 0.15) is 0 Å². The number of hydrogen-bond acceptors (Lipinski definition) is 2. The third-order valence-corrected chi connectivity index (χ3v) is 5.24. The molecule has 0 unspecified atom stereocenters. The smallest absolute Gasteiger partial charge is 0.255 e. The van der Waals surface area contributed by atoms with Gasteiger partial charge >= 0.3 is 0 Å². The van der Waals surface area contributed by atoms with Crippen molar-refractivity contribution >= 4 is 17.5 Å². The first kappa shape index (κ1) is 19.2. The Labute approximate surface area is 161 Å². The summed E-state index contributed by atoms with van der Waals surface area (Å²) in [6.45, 7) is 6.21. The molecule has 0 aromatic heterocycles. The molecule has 4 nitrogen and oxygen atoms in total. The summed E-state index contributed by atoms with van der Waals surface area (Å²) in [4.78, 5) is 25.3. The van der Waals surface area contributed by atoms with Gasteiger partial charge in [-0.15, -0.1) is 0 Å². The van der Waals surface area contributed by atoms with Gasteiger partial charge in [0.15, 0.2) is 0 Å². The molecular weight excluding hydrogens is 336 g/mol. The number of carbonyl (C=O) groups excluding carboxylic acids is 2. The first-order valence-electron chi connectivity index (χ1n) is 9.77. The van der Waals surface area contributed by atoms with E-state index in [1.807, 2.05) is 25.1 Å². The van der Waals surface area contributed by atoms with E-state index in [-0.39, 0.29) is 17.9 Å². The van der Waals surface area contributed by atoms with Crippen LogP contribution < -0.4 is 10.6 Å². The molecule has 2 N–H and O–H groups in total. The molecule has 1 saturated carbocycles. The third kappa shape index (κ3) is 4.57. The fourth-order valence-corrected chi connectivity index (χ4v) is 3.67. The number of anilines is 1. The topological polar surface area (TPSA) is 58.2 Å². The van der Waals surface area contributed by atoms with Crippen LogP contribution in [0.3, 0.4) is 0 Å². The zero-order valence-corrected chi connectivity index (χ0v) is 16.3. The van der Waals surface area contributed by atoms with Crippen molar-refractivity contribution < 1.29 is 9.59 Å². The van der Waals surface area contributed by atoms with E-state index in [1.54, 1.807) is 24.3 Å². The van der Waals surface area contributed by atoms with Crippen LogP contribution in [-0.4, -0.2) is 17.9 Å². The minimum atomic E-state index is -0.193. The fourth-order valence-electron chi connectivity index (χ4n) is 3.67. The van der Waals surface area contributed by atoms with Gasteiger partial charge in [0.25, 0.3) is 11.8 Å². The van der Waals surface area contributed by atoms with Crippen molar-refractivity contribution in [3.63, 3.8) is 0 Å². The Morgan fingerprint density at radius 2 is 1.59 bits per heavy atom. The molecule has 0 atom stereocenters. The number of amides is 2. The summed E-state index contributed by atoms with van der Waals surface area (Å²) < 4.78 is 0. The molecule has 1 fully saturated rings. The van der Waals surface area contributed by atoms with Gasteiger partial charge in [-0.1, -0.05) is 51.0 Å². The lowest BCUT2D eigenvalue weighted by Crippen LogP contribution is -2.32. The van der Waals surface area contributed by atoms with Crippen LogP contribution in [0.2, 0.25) is 0 Å². The van der Waals surface area contributed by atoms with Gasteiger partial charge in [0.05, 0.1) is 0 Å². The number of hydrogen-bond donors (Lipinski definition) is 2. The van der Waals surface area contributed by atoms with Crippen molar-refractivity contribution in [1.82, 2.24) is 5.32 Å². The van der Waals surface area contributed by atoms with E-state index in [4.69, 9.17) is 0 Å². The zero-order valence-electron chi connectivity index (χ0n) is 16.3. The van der Waals surface area contributed by atoms with E-state index in [0.717, 1.165) is 29.7 Å². The molecular formula is C23H28N2O2. The molecule has 2 amide bonds. The predicted molar refractivity (Wildman–Crippen MR) is 109 cm³/mol. The second kappa shape index (κ2) is 8.38. The number of para-hydroxylation sites is 1. The lowest BCUT2D eigenvalue weighted by Gasteiger charge is -2.17. The Balaban J connectivity index is 1.77. The van der Waals surface area contributed by atoms with E-state index in [2.05, 4.69) is 24.5 Å². The lowest BCUT2D eigenvalue weighted by atomic mass is 9.98. The summed E-state index contributed by atoms with van der Waals surface area (Å²) in [6.07, 6.45) is 4.42. The molecule has 0 radical (unpaired) electrons. The van der Waals surface area contributed by atoms with Gasteiger partial charge < -0.3 is 10.6 Å². The van der Waals surface area contributed by atoms with Gasteiger partial charge in [-0.05, 0) is 55.0 Å². The average Bonchev–Trinajstić information content (AvgIpc) is 3.16. The molecule has 2 aromatic rings. The maximum Gasteiger partial charge on any atom is 0.255 e. The molecule has 4 heteroatoms. The Morgan fingerprint density at radius 1 is 0.963 bits per heavy atom. The summed E-state index contributed by atoms with van der Waals surface area (Å²) >= 11 is 0. The SMILES string of the molecule is Cc1cccc(C(C)C)c1NC(=O)c1cccc(C(=O)NC2CCCC2)c1. The molecule has 0 heterocycles. The van der Waals surface area contributed by atoms with Crippen molar-refractivity contribution in [3.8, 4) is 0 Å². The second-order valence-corrected chi connectivity index (χ2v) is 7.68. The van der Waals surface area contributed by atoms with Crippen molar-refractivity contribution in [2.45, 2.75) is 58.4 Å². The monoisotopic (exact) mass is 364 g/mol. The number of benzene rings is 2. The minimum absolute atomic E-state index is 0.102. The standard InChI is InChI=1S/C23H28N2O2/c1-15(2)20-13-6-8-16(3)21(20)25-23(27)18-10-7-9-17(14-18)22(26)24-19-11-4-5-12-19/h6-10,13-15,19H,4-5,11-12H2,1-3H3,(H,24,26)(H,25,27). The maximum absolute atomic E-state index is 12.8. The lowest BCUT2D eigenvalue weighted by molar-refractivity contribution is 0.0938. The van der Waals surface area contributed by atoms with Crippen LogP contribution in [0.1, 0.15) is 77.3 Å². The molecule has 0 aliphatic heterocycles.